The normalized spacial score (nSPS) is 19.8. The molecule has 1 aromatic carbocycles. The number of likely N-dealkylation sites (tertiary alicyclic amines) is 1. The number of halogens is 1. The first-order chi connectivity index (χ1) is 11.6. The molecule has 2 saturated heterocycles. The molecule has 2 heterocycles. The number of piperidine rings is 1. The number of amides is 2. The molecule has 0 radical (unpaired) electrons. The summed E-state index contributed by atoms with van der Waals surface area (Å²) in [6.07, 6.45) is 1.56. The van der Waals surface area contributed by atoms with E-state index in [1.807, 2.05) is 33.7 Å². The fourth-order valence-electron chi connectivity index (χ4n) is 3.41. The van der Waals surface area contributed by atoms with Crippen LogP contribution in [0.2, 0.25) is 5.02 Å². The molecule has 0 aliphatic carbocycles. The number of carbonyl (C=O) groups is 2. The molecule has 0 aromatic heterocycles. The first-order valence-electron chi connectivity index (χ1n) is 8.04. The monoisotopic (exact) mass is 368 g/mol. The SMILES string of the molecule is COCC(=O)N1CCC2(CC1)SCCN2C(=O)c1ccccc1Cl. The van der Waals surface area contributed by atoms with Gasteiger partial charge in [-0.25, -0.2) is 0 Å². The lowest BCUT2D eigenvalue weighted by molar-refractivity contribution is -0.136. The quantitative estimate of drug-likeness (QED) is 0.822. The molecule has 0 N–H and O–H groups in total. The highest BCUT2D eigenvalue weighted by molar-refractivity contribution is 8.00. The van der Waals surface area contributed by atoms with Crippen molar-refractivity contribution in [3.63, 3.8) is 0 Å². The third-order valence-electron chi connectivity index (χ3n) is 4.69. The van der Waals surface area contributed by atoms with Crippen molar-refractivity contribution in [2.24, 2.45) is 0 Å². The van der Waals surface area contributed by atoms with Crippen LogP contribution >= 0.6 is 23.4 Å². The molecule has 24 heavy (non-hydrogen) atoms. The van der Waals surface area contributed by atoms with Gasteiger partial charge in [0.2, 0.25) is 5.91 Å². The Kier molecular flexibility index (Phi) is 5.37. The molecule has 2 fully saturated rings. The van der Waals surface area contributed by atoms with Crippen molar-refractivity contribution in [3.8, 4) is 0 Å². The van der Waals surface area contributed by atoms with Gasteiger partial charge in [0.1, 0.15) is 6.61 Å². The molecule has 2 aliphatic heterocycles. The predicted molar refractivity (Wildman–Crippen MR) is 95.4 cm³/mol. The van der Waals surface area contributed by atoms with Crippen LogP contribution in [0.5, 0.6) is 0 Å². The van der Waals surface area contributed by atoms with Crippen molar-refractivity contribution in [3.05, 3.63) is 34.9 Å². The summed E-state index contributed by atoms with van der Waals surface area (Å²) in [6, 6.07) is 7.18. The van der Waals surface area contributed by atoms with Crippen LogP contribution in [0.15, 0.2) is 24.3 Å². The van der Waals surface area contributed by atoms with Crippen LogP contribution in [0.1, 0.15) is 23.2 Å². The molecule has 0 unspecified atom stereocenters. The molecule has 1 aromatic rings. The van der Waals surface area contributed by atoms with Crippen molar-refractivity contribution in [2.45, 2.75) is 17.7 Å². The molecule has 0 atom stereocenters. The number of hydrogen-bond donors (Lipinski definition) is 0. The van der Waals surface area contributed by atoms with E-state index in [9.17, 15) is 9.59 Å². The van der Waals surface area contributed by atoms with Gasteiger partial charge in [-0.15, -0.1) is 11.8 Å². The molecule has 2 amide bonds. The van der Waals surface area contributed by atoms with Crippen LogP contribution in [0, 0.1) is 0 Å². The molecule has 130 valence electrons. The average Bonchev–Trinajstić information content (AvgIpc) is 2.98. The minimum Gasteiger partial charge on any atom is -0.375 e. The molecule has 5 nitrogen and oxygen atoms in total. The molecule has 2 aliphatic rings. The minimum atomic E-state index is -0.222. The van der Waals surface area contributed by atoms with Crippen LogP contribution in [0.4, 0.5) is 0 Å². The van der Waals surface area contributed by atoms with E-state index in [0.29, 0.717) is 23.7 Å². The number of carbonyl (C=O) groups excluding carboxylic acids is 2. The Balaban J connectivity index is 1.73. The smallest absolute Gasteiger partial charge is 0.256 e. The Morgan fingerprint density at radius 1 is 1.25 bits per heavy atom. The third-order valence-corrected chi connectivity index (χ3v) is 6.57. The van der Waals surface area contributed by atoms with Gasteiger partial charge in [-0.2, -0.15) is 0 Å². The Bertz CT molecular complexity index is 632. The van der Waals surface area contributed by atoms with Crippen molar-refractivity contribution in [1.29, 1.82) is 0 Å². The fraction of sp³-hybridized carbons (Fsp3) is 0.529. The minimum absolute atomic E-state index is 0.0118. The second-order valence-electron chi connectivity index (χ2n) is 6.05. The van der Waals surface area contributed by atoms with Gasteiger partial charge in [-0.1, -0.05) is 23.7 Å². The summed E-state index contributed by atoms with van der Waals surface area (Å²) in [5, 5.41) is 0.488. The van der Waals surface area contributed by atoms with Gasteiger partial charge in [0.25, 0.3) is 5.91 Å². The number of hydrogen-bond acceptors (Lipinski definition) is 4. The second kappa shape index (κ2) is 7.33. The number of nitrogens with zero attached hydrogens (tertiary/aromatic N) is 2. The largest absolute Gasteiger partial charge is 0.375 e. The number of thioether (sulfide) groups is 1. The zero-order chi connectivity index (χ0) is 17.2. The topological polar surface area (TPSA) is 49.9 Å². The molecule has 1 spiro atoms. The number of benzene rings is 1. The first kappa shape index (κ1) is 17.6. The molecular formula is C17H21ClN2O3S. The van der Waals surface area contributed by atoms with Gasteiger partial charge >= 0.3 is 0 Å². The van der Waals surface area contributed by atoms with E-state index < -0.39 is 0 Å². The van der Waals surface area contributed by atoms with Crippen LogP contribution in [0.25, 0.3) is 0 Å². The second-order valence-corrected chi connectivity index (χ2v) is 7.91. The van der Waals surface area contributed by atoms with E-state index in [0.717, 1.165) is 25.1 Å². The van der Waals surface area contributed by atoms with Crippen molar-refractivity contribution in [2.75, 3.05) is 39.1 Å². The molecular weight excluding hydrogens is 348 g/mol. The van der Waals surface area contributed by atoms with Crippen LogP contribution < -0.4 is 0 Å². The van der Waals surface area contributed by atoms with Gasteiger partial charge in [0, 0.05) is 32.5 Å². The molecule has 7 heteroatoms. The zero-order valence-corrected chi connectivity index (χ0v) is 15.2. The molecule has 0 bridgehead atoms. The van der Waals surface area contributed by atoms with Crippen LogP contribution in [-0.2, 0) is 9.53 Å². The van der Waals surface area contributed by atoms with Crippen molar-refractivity contribution in [1.82, 2.24) is 9.80 Å². The summed E-state index contributed by atoms with van der Waals surface area (Å²) in [4.78, 5) is 28.5. The van der Waals surface area contributed by atoms with Gasteiger partial charge in [0.15, 0.2) is 0 Å². The summed E-state index contributed by atoms with van der Waals surface area (Å²) in [5.41, 5.74) is 0.555. The number of rotatable bonds is 3. The summed E-state index contributed by atoms with van der Waals surface area (Å²) in [6.45, 7) is 2.14. The predicted octanol–water partition coefficient (Wildman–Crippen LogP) is 2.49. The van der Waals surface area contributed by atoms with Crippen LogP contribution in [0.3, 0.4) is 0 Å². The summed E-state index contributed by atoms with van der Waals surface area (Å²) >= 11 is 8.03. The Hall–Kier alpha value is -1.24. The van der Waals surface area contributed by atoms with Crippen molar-refractivity contribution >= 4 is 35.2 Å². The standard InChI is InChI=1S/C17H21ClN2O3S/c1-23-12-15(21)19-8-6-17(7-9-19)20(10-11-24-17)16(22)13-4-2-3-5-14(13)18/h2-5H,6-12H2,1H3. The Morgan fingerprint density at radius 2 is 1.96 bits per heavy atom. The number of methoxy groups -OCH3 is 1. The number of ether oxygens (including phenoxy) is 1. The highest BCUT2D eigenvalue weighted by Gasteiger charge is 2.47. The van der Waals surface area contributed by atoms with E-state index >= 15 is 0 Å². The first-order valence-corrected chi connectivity index (χ1v) is 9.41. The van der Waals surface area contributed by atoms with Gasteiger partial charge < -0.3 is 14.5 Å². The van der Waals surface area contributed by atoms with Gasteiger partial charge in [0.05, 0.1) is 15.5 Å². The Labute approximate surface area is 151 Å². The molecule has 0 saturated carbocycles. The highest BCUT2D eigenvalue weighted by Crippen LogP contribution is 2.44. The molecule has 3 rings (SSSR count). The lowest BCUT2D eigenvalue weighted by Gasteiger charge is -2.44. The van der Waals surface area contributed by atoms with E-state index in [4.69, 9.17) is 16.3 Å². The fourth-order valence-corrected chi connectivity index (χ4v) is 5.08. The lowest BCUT2D eigenvalue weighted by atomic mass is 10.0. The van der Waals surface area contributed by atoms with E-state index in [2.05, 4.69) is 0 Å². The average molecular weight is 369 g/mol. The summed E-state index contributed by atoms with van der Waals surface area (Å²) < 4.78 is 4.93. The zero-order valence-electron chi connectivity index (χ0n) is 13.7. The van der Waals surface area contributed by atoms with E-state index in [-0.39, 0.29) is 23.3 Å². The maximum Gasteiger partial charge on any atom is 0.256 e. The summed E-state index contributed by atoms with van der Waals surface area (Å²) in [5.74, 6) is 0.920. The summed E-state index contributed by atoms with van der Waals surface area (Å²) in [7, 11) is 1.53. The third kappa shape index (κ3) is 3.27. The van der Waals surface area contributed by atoms with Gasteiger partial charge in [-0.3, -0.25) is 9.59 Å². The van der Waals surface area contributed by atoms with Crippen molar-refractivity contribution < 1.29 is 14.3 Å². The van der Waals surface area contributed by atoms with E-state index in [1.165, 1.54) is 7.11 Å². The Morgan fingerprint density at radius 3 is 2.62 bits per heavy atom. The highest BCUT2D eigenvalue weighted by atomic mass is 35.5. The maximum absolute atomic E-state index is 13.0. The maximum atomic E-state index is 13.0. The lowest BCUT2D eigenvalue weighted by Crippen LogP contribution is -2.54. The van der Waals surface area contributed by atoms with E-state index in [1.54, 1.807) is 12.1 Å². The van der Waals surface area contributed by atoms with Gasteiger partial charge in [-0.05, 0) is 25.0 Å². The van der Waals surface area contributed by atoms with Crippen LogP contribution in [-0.4, -0.2) is 65.6 Å².